The van der Waals surface area contributed by atoms with E-state index in [1.54, 1.807) is 0 Å². The zero-order chi connectivity index (χ0) is 5.54. The highest BCUT2D eigenvalue weighted by atomic mass is 28.3. The van der Waals surface area contributed by atoms with Crippen molar-refractivity contribution < 1.29 is 4.12 Å². The molecule has 0 N–H and O–H groups in total. The molecule has 0 aromatic rings. The van der Waals surface area contributed by atoms with E-state index in [1.807, 2.05) is 11.4 Å². The fourth-order valence-corrected chi connectivity index (χ4v) is 2.11. The van der Waals surface area contributed by atoms with Crippen LogP contribution in [0.15, 0.2) is 24.6 Å². The average molecular weight is 130 g/mol. The summed E-state index contributed by atoms with van der Waals surface area (Å²) in [7, 11) is -0.670. The van der Waals surface area contributed by atoms with Crippen LogP contribution in [0.1, 0.15) is 0 Å². The van der Waals surface area contributed by atoms with Crippen LogP contribution >= 0.6 is 0 Å². The Bertz CT molecular complexity index is 54.7. The second kappa shape index (κ2) is 5.87. The van der Waals surface area contributed by atoms with Gasteiger partial charge in [-0.2, -0.15) is 0 Å². The molecule has 0 aliphatic carbocycles. The van der Waals surface area contributed by atoms with E-state index in [-0.39, 0.29) is 19.5 Å². The lowest BCUT2D eigenvalue weighted by molar-refractivity contribution is 0.661. The molecule has 0 heterocycles. The Morgan fingerprint density at radius 1 is 1.14 bits per heavy atom. The Hall–Kier alpha value is -0.126. The highest BCUT2D eigenvalue weighted by Gasteiger charge is 1.73. The third-order valence-electron chi connectivity index (χ3n) is 0.471. The minimum Gasteiger partial charge on any atom is -0.459 e. The second-order valence-electron chi connectivity index (χ2n) is 1.11. The summed E-state index contributed by atoms with van der Waals surface area (Å²) in [6.07, 6.45) is 0. The molecule has 0 radical (unpaired) electrons. The van der Waals surface area contributed by atoms with Crippen molar-refractivity contribution >= 4 is 19.5 Å². The lowest BCUT2D eigenvalue weighted by Gasteiger charge is -1.89. The number of hydrogen-bond acceptors (Lipinski definition) is 1. The first-order valence-corrected chi connectivity index (χ1v) is 5.00. The molecule has 0 aromatic carbocycles. The van der Waals surface area contributed by atoms with Gasteiger partial charge in [0.15, 0.2) is 19.5 Å². The zero-order valence-electron chi connectivity index (χ0n) is 4.39. The molecule has 0 bridgehead atoms. The van der Waals surface area contributed by atoms with Gasteiger partial charge in [-0.3, -0.25) is 0 Å². The largest absolute Gasteiger partial charge is 0.459 e. The summed E-state index contributed by atoms with van der Waals surface area (Å²) in [5.74, 6) is 0. The third kappa shape index (κ3) is 5.87. The maximum atomic E-state index is 5.17. The SMILES string of the molecule is C=C[SiH2]O[SiH2]C=C. The summed E-state index contributed by atoms with van der Waals surface area (Å²) in [6.45, 7) is 7.11. The maximum Gasteiger partial charge on any atom is 0.170 e. The molecule has 0 unspecified atom stereocenters. The van der Waals surface area contributed by atoms with Gasteiger partial charge in [0, 0.05) is 0 Å². The monoisotopic (exact) mass is 130 g/mol. The van der Waals surface area contributed by atoms with Gasteiger partial charge in [-0.15, -0.1) is 13.2 Å². The summed E-state index contributed by atoms with van der Waals surface area (Å²) in [5, 5.41) is 0. The van der Waals surface area contributed by atoms with Crippen LogP contribution in [0.4, 0.5) is 0 Å². The molecule has 0 aromatic heterocycles. The molecule has 40 valence electrons. The average Bonchev–Trinajstić information content (AvgIpc) is 1.69. The predicted molar refractivity (Wildman–Crippen MR) is 38.6 cm³/mol. The lowest BCUT2D eigenvalue weighted by Crippen LogP contribution is -1.96. The molecular weight excluding hydrogens is 120 g/mol. The predicted octanol–water partition coefficient (Wildman–Crippen LogP) is -0.542. The van der Waals surface area contributed by atoms with Gasteiger partial charge >= 0.3 is 0 Å². The van der Waals surface area contributed by atoms with Gasteiger partial charge < -0.3 is 4.12 Å². The summed E-state index contributed by atoms with van der Waals surface area (Å²) < 4.78 is 5.17. The van der Waals surface area contributed by atoms with Crippen molar-refractivity contribution in [2.75, 3.05) is 0 Å². The van der Waals surface area contributed by atoms with Gasteiger partial charge in [-0.25, -0.2) is 0 Å². The van der Waals surface area contributed by atoms with E-state index in [2.05, 4.69) is 13.2 Å². The summed E-state index contributed by atoms with van der Waals surface area (Å²) in [5.41, 5.74) is 3.77. The summed E-state index contributed by atoms with van der Waals surface area (Å²) in [4.78, 5) is 0. The lowest BCUT2D eigenvalue weighted by atomic mass is 11.3. The van der Waals surface area contributed by atoms with E-state index in [4.69, 9.17) is 4.12 Å². The Labute approximate surface area is 49.0 Å². The molecule has 1 nitrogen and oxygen atoms in total. The highest BCUT2D eigenvalue weighted by molar-refractivity contribution is 6.48. The zero-order valence-corrected chi connectivity index (χ0v) is 7.22. The normalized spacial score (nSPS) is 11.4. The Morgan fingerprint density at radius 3 is 1.86 bits per heavy atom. The third-order valence-corrected chi connectivity index (χ3v) is 2.83. The molecule has 3 heteroatoms. The molecule has 0 saturated carbocycles. The van der Waals surface area contributed by atoms with E-state index in [9.17, 15) is 0 Å². The number of hydrogen-bond donors (Lipinski definition) is 0. The number of rotatable bonds is 4. The van der Waals surface area contributed by atoms with Crippen molar-refractivity contribution in [2.24, 2.45) is 0 Å². The van der Waals surface area contributed by atoms with Crippen molar-refractivity contribution in [1.29, 1.82) is 0 Å². The smallest absolute Gasteiger partial charge is 0.170 e. The first-order chi connectivity index (χ1) is 3.41. The van der Waals surface area contributed by atoms with Crippen molar-refractivity contribution in [1.82, 2.24) is 0 Å². The Morgan fingerprint density at radius 2 is 1.57 bits per heavy atom. The quantitative estimate of drug-likeness (QED) is 0.367. The van der Waals surface area contributed by atoms with Crippen molar-refractivity contribution in [3.63, 3.8) is 0 Å². The molecular formula is C4H10OSi2. The van der Waals surface area contributed by atoms with Crippen molar-refractivity contribution in [3.05, 3.63) is 24.6 Å². The van der Waals surface area contributed by atoms with E-state index < -0.39 is 0 Å². The Kier molecular flexibility index (Phi) is 5.77. The van der Waals surface area contributed by atoms with Gasteiger partial charge in [0.25, 0.3) is 0 Å². The molecule has 0 fully saturated rings. The molecule has 0 aliphatic rings. The molecule has 0 amide bonds. The molecule has 0 rings (SSSR count). The van der Waals surface area contributed by atoms with Gasteiger partial charge in [-0.05, 0) is 0 Å². The Balaban J connectivity index is 2.68. The van der Waals surface area contributed by atoms with Gasteiger partial charge in [0.2, 0.25) is 0 Å². The van der Waals surface area contributed by atoms with Crippen molar-refractivity contribution in [2.45, 2.75) is 0 Å². The van der Waals surface area contributed by atoms with E-state index in [1.165, 1.54) is 0 Å². The van der Waals surface area contributed by atoms with Gasteiger partial charge in [0.1, 0.15) is 0 Å². The van der Waals surface area contributed by atoms with Crippen LogP contribution < -0.4 is 0 Å². The van der Waals surface area contributed by atoms with Gasteiger partial charge in [0.05, 0.1) is 0 Å². The minimum absolute atomic E-state index is 0.335. The van der Waals surface area contributed by atoms with E-state index in [0.29, 0.717) is 0 Å². The molecule has 7 heavy (non-hydrogen) atoms. The van der Waals surface area contributed by atoms with Crippen LogP contribution in [0.3, 0.4) is 0 Å². The molecule has 0 atom stereocenters. The van der Waals surface area contributed by atoms with Crippen LogP contribution in [-0.4, -0.2) is 19.5 Å². The fourth-order valence-electron chi connectivity index (χ4n) is 0.235. The summed E-state index contributed by atoms with van der Waals surface area (Å²) in [6, 6.07) is 0. The van der Waals surface area contributed by atoms with Crippen LogP contribution in [0, 0.1) is 0 Å². The van der Waals surface area contributed by atoms with E-state index >= 15 is 0 Å². The first kappa shape index (κ1) is 6.87. The second-order valence-corrected chi connectivity index (χ2v) is 4.57. The highest BCUT2D eigenvalue weighted by Crippen LogP contribution is 1.65. The van der Waals surface area contributed by atoms with E-state index in [0.717, 1.165) is 0 Å². The standard InChI is InChI=1S/C4H10OSi2/c1-3-6-5-7-4-2/h3-4H,1-2,6-7H2. The van der Waals surface area contributed by atoms with Gasteiger partial charge in [-0.1, -0.05) is 11.4 Å². The van der Waals surface area contributed by atoms with Crippen LogP contribution in [0.2, 0.25) is 0 Å². The van der Waals surface area contributed by atoms with Crippen molar-refractivity contribution in [3.8, 4) is 0 Å². The topological polar surface area (TPSA) is 9.23 Å². The molecule has 0 aliphatic heterocycles. The minimum atomic E-state index is -0.335. The first-order valence-electron chi connectivity index (χ1n) is 2.21. The van der Waals surface area contributed by atoms with Crippen LogP contribution in [0.5, 0.6) is 0 Å². The van der Waals surface area contributed by atoms with Crippen LogP contribution in [-0.2, 0) is 4.12 Å². The molecule has 0 saturated heterocycles. The fraction of sp³-hybridized carbons (Fsp3) is 0. The van der Waals surface area contributed by atoms with Crippen LogP contribution in [0.25, 0.3) is 0 Å². The summed E-state index contributed by atoms with van der Waals surface area (Å²) >= 11 is 0. The molecule has 0 spiro atoms. The maximum absolute atomic E-state index is 5.17.